The van der Waals surface area contributed by atoms with Crippen LogP contribution >= 0.6 is 0 Å². The van der Waals surface area contributed by atoms with Gasteiger partial charge in [-0.3, -0.25) is 24.7 Å². The maximum atomic E-state index is 13.1. The van der Waals surface area contributed by atoms with Crippen LogP contribution in [-0.2, 0) is 6.42 Å². The van der Waals surface area contributed by atoms with Crippen molar-refractivity contribution in [3.63, 3.8) is 0 Å². The number of ketones is 1. The maximum absolute atomic E-state index is 13.1. The van der Waals surface area contributed by atoms with Crippen LogP contribution in [0.5, 0.6) is 0 Å². The van der Waals surface area contributed by atoms with Crippen molar-refractivity contribution in [2.45, 2.75) is 39.2 Å². The van der Waals surface area contributed by atoms with Gasteiger partial charge in [-0.05, 0) is 64.1 Å². The Hall–Kier alpha value is -4.04. The second-order valence-electron chi connectivity index (χ2n) is 10.5. The van der Waals surface area contributed by atoms with Gasteiger partial charge in [0.2, 0.25) is 0 Å². The molecule has 0 bridgehead atoms. The molecule has 4 aromatic heterocycles. The summed E-state index contributed by atoms with van der Waals surface area (Å²) in [4.78, 5) is 38.0. The molecule has 1 aliphatic heterocycles. The third-order valence-corrected chi connectivity index (χ3v) is 6.22. The van der Waals surface area contributed by atoms with Crippen LogP contribution in [-0.4, -0.2) is 61.3 Å². The van der Waals surface area contributed by atoms with E-state index in [2.05, 4.69) is 64.0 Å². The fourth-order valence-corrected chi connectivity index (χ4v) is 4.31. The van der Waals surface area contributed by atoms with E-state index in [4.69, 9.17) is 4.98 Å². The molecular formula is C29H31N7O. The Labute approximate surface area is 216 Å². The molecule has 0 saturated carbocycles. The van der Waals surface area contributed by atoms with Crippen LogP contribution in [0.15, 0.2) is 61.3 Å². The zero-order valence-electron chi connectivity index (χ0n) is 21.7. The van der Waals surface area contributed by atoms with Crippen LogP contribution in [0.3, 0.4) is 0 Å². The summed E-state index contributed by atoms with van der Waals surface area (Å²) in [5, 5.41) is 4.25. The highest BCUT2D eigenvalue weighted by atomic mass is 16.1. The van der Waals surface area contributed by atoms with Gasteiger partial charge in [-0.25, -0.2) is 4.98 Å². The van der Waals surface area contributed by atoms with Gasteiger partial charge in [0.1, 0.15) is 5.82 Å². The maximum Gasteiger partial charge on any atom is 0.168 e. The van der Waals surface area contributed by atoms with Crippen molar-refractivity contribution < 1.29 is 4.79 Å². The van der Waals surface area contributed by atoms with Gasteiger partial charge in [0.05, 0.1) is 41.9 Å². The Morgan fingerprint density at radius 1 is 1.03 bits per heavy atom. The Morgan fingerprint density at radius 2 is 1.89 bits per heavy atom. The number of nitrogens with one attached hydrogen (secondary N) is 1. The summed E-state index contributed by atoms with van der Waals surface area (Å²) in [6, 6.07) is 7.62. The second kappa shape index (κ2) is 10.1. The Bertz CT molecular complexity index is 1490. The number of carbonyl (C=O) groups is 1. The quantitative estimate of drug-likeness (QED) is 0.381. The lowest BCUT2D eigenvalue weighted by Gasteiger charge is -2.21. The molecule has 8 heteroatoms. The van der Waals surface area contributed by atoms with E-state index in [0.717, 1.165) is 47.4 Å². The lowest BCUT2D eigenvalue weighted by atomic mass is 10.0. The average molecular weight is 494 g/mol. The highest BCUT2D eigenvalue weighted by molar-refractivity contribution is 5.98. The summed E-state index contributed by atoms with van der Waals surface area (Å²) in [6.45, 7) is 8.12. The average Bonchev–Trinajstić information content (AvgIpc) is 2.88. The fourth-order valence-electron chi connectivity index (χ4n) is 4.31. The van der Waals surface area contributed by atoms with Gasteiger partial charge in [-0.1, -0.05) is 6.08 Å². The van der Waals surface area contributed by atoms with Crippen LogP contribution in [0.25, 0.3) is 27.7 Å². The van der Waals surface area contributed by atoms with Gasteiger partial charge in [-0.2, -0.15) is 0 Å². The molecule has 188 valence electrons. The first-order chi connectivity index (χ1) is 17.7. The molecule has 5 heterocycles. The van der Waals surface area contributed by atoms with Gasteiger partial charge >= 0.3 is 0 Å². The first kappa shape index (κ1) is 24.6. The van der Waals surface area contributed by atoms with Crippen LogP contribution in [0, 0.1) is 0 Å². The van der Waals surface area contributed by atoms with Crippen LogP contribution in [0.4, 0.5) is 5.82 Å². The molecule has 0 aromatic carbocycles. The van der Waals surface area contributed by atoms with Crippen LogP contribution in [0.1, 0.15) is 48.9 Å². The van der Waals surface area contributed by atoms with Crippen molar-refractivity contribution >= 4 is 28.1 Å². The number of aromatic nitrogens is 5. The number of Topliss-reactive ketones (excluding diaryl/α,β-unsaturated/α-hetero) is 1. The molecule has 0 saturated heterocycles. The summed E-state index contributed by atoms with van der Waals surface area (Å²) in [7, 11) is 2.10. The first-order valence-corrected chi connectivity index (χ1v) is 12.5. The molecule has 0 radical (unpaired) electrons. The molecule has 0 aliphatic carbocycles. The van der Waals surface area contributed by atoms with E-state index in [1.54, 1.807) is 37.1 Å². The molecule has 1 N–H and O–H groups in total. The van der Waals surface area contributed by atoms with Crippen LogP contribution in [0.2, 0.25) is 0 Å². The molecule has 0 atom stereocenters. The molecule has 0 spiro atoms. The summed E-state index contributed by atoms with van der Waals surface area (Å²) >= 11 is 0. The largest absolute Gasteiger partial charge is 0.364 e. The number of fused-ring (bicyclic) bond motifs is 1. The number of likely N-dealkylation sites (N-methyl/N-ethyl adjacent to an activating group) is 1. The number of carbonyl (C=O) groups excluding carboxylic acids is 1. The normalized spacial score (nSPS) is 14.4. The summed E-state index contributed by atoms with van der Waals surface area (Å²) < 4.78 is 0. The Morgan fingerprint density at radius 3 is 2.68 bits per heavy atom. The van der Waals surface area contributed by atoms with Gasteiger partial charge in [-0.15, -0.1) is 0 Å². The summed E-state index contributed by atoms with van der Waals surface area (Å²) in [5.74, 6) is 0.721. The highest BCUT2D eigenvalue weighted by Crippen LogP contribution is 2.24. The molecule has 0 fully saturated rings. The number of hydrogen-bond acceptors (Lipinski definition) is 8. The molecule has 8 nitrogen and oxygen atoms in total. The minimum absolute atomic E-state index is 0.0139. The number of hydrogen-bond donors (Lipinski definition) is 1. The number of anilines is 1. The van der Waals surface area contributed by atoms with Crippen molar-refractivity contribution in [2.24, 2.45) is 0 Å². The first-order valence-electron chi connectivity index (χ1n) is 12.5. The third-order valence-electron chi connectivity index (χ3n) is 6.22. The standard InChI is InChI=1S/C29H31N7O/c1-29(2,3)35-28-18-30-16-26(34-28)22-11-21-12-23(32-17-25(21)33-15-22)14-27(37)20-5-8-31-24(13-20)19-6-9-36(4)10-7-19/h5-6,8,11-13,15-18H,7,9-10,14H2,1-4H3,(H,34,35). The van der Waals surface area contributed by atoms with E-state index in [1.807, 2.05) is 18.2 Å². The topological polar surface area (TPSA) is 96.8 Å². The molecule has 0 amide bonds. The van der Waals surface area contributed by atoms with Crippen molar-refractivity contribution in [1.82, 2.24) is 29.8 Å². The minimum Gasteiger partial charge on any atom is -0.364 e. The fraction of sp³-hybridized carbons (Fsp3) is 0.310. The van der Waals surface area contributed by atoms with Crippen LogP contribution < -0.4 is 5.32 Å². The summed E-state index contributed by atoms with van der Waals surface area (Å²) in [6.07, 6.45) is 12.0. The minimum atomic E-state index is -0.123. The summed E-state index contributed by atoms with van der Waals surface area (Å²) in [5.41, 5.74) is 5.64. The van der Waals surface area contributed by atoms with Crippen molar-refractivity contribution in [3.05, 3.63) is 78.3 Å². The molecule has 1 aliphatic rings. The van der Waals surface area contributed by atoms with E-state index >= 15 is 0 Å². The predicted octanol–water partition coefficient (Wildman–Crippen LogP) is 4.84. The molecule has 5 rings (SSSR count). The smallest absolute Gasteiger partial charge is 0.168 e. The lowest BCUT2D eigenvalue weighted by Crippen LogP contribution is -2.26. The Kier molecular flexibility index (Phi) is 6.76. The third kappa shape index (κ3) is 6.03. The van der Waals surface area contributed by atoms with E-state index in [9.17, 15) is 4.79 Å². The SMILES string of the molecule is CN1CC=C(c2cc(C(=O)Cc3cc4cc(-c5cncc(NC(C)(C)C)n5)cnc4cn3)ccn2)CC1. The van der Waals surface area contributed by atoms with Gasteiger partial charge in [0.25, 0.3) is 0 Å². The van der Waals surface area contributed by atoms with E-state index in [-0.39, 0.29) is 17.7 Å². The van der Waals surface area contributed by atoms with Gasteiger partial charge in [0.15, 0.2) is 5.78 Å². The number of rotatable bonds is 6. The van der Waals surface area contributed by atoms with Crippen molar-refractivity contribution in [3.8, 4) is 11.3 Å². The molecule has 0 unspecified atom stereocenters. The van der Waals surface area contributed by atoms with Crippen molar-refractivity contribution in [2.75, 3.05) is 25.5 Å². The van der Waals surface area contributed by atoms with E-state index in [0.29, 0.717) is 17.1 Å². The molecule has 4 aromatic rings. The van der Waals surface area contributed by atoms with Crippen molar-refractivity contribution in [1.29, 1.82) is 0 Å². The molecule has 37 heavy (non-hydrogen) atoms. The number of pyridine rings is 3. The Balaban J connectivity index is 1.37. The van der Waals surface area contributed by atoms with Gasteiger partial charge in [0, 0.05) is 53.2 Å². The second-order valence-corrected chi connectivity index (χ2v) is 10.5. The van der Waals surface area contributed by atoms with E-state index < -0.39 is 0 Å². The predicted molar refractivity (Wildman–Crippen MR) is 146 cm³/mol. The monoisotopic (exact) mass is 493 g/mol. The number of nitrogens with zero attached hydrogens (tertiary/aromatic N) is 6. The zero-order chi connectivity index (χ0) is 26.0. The lowest BCUT2D eigenvalue weighted by molar-refractivity contribution is 0.0992. The highest BCUT2D eigenvalue weighted by Gasteiger charge is 2.15. The zero-order valence-corrected chi connectivity index (χ0v) is 21.7. The van der Waals surface area contributed by atoms with E-state index in [1.165, 1.54) is 5.57 Å². The van der Waals surface area contributed by atoms with Gasteiger partial charge < -0.3 is 10.2 Å². The molecular weight excluding hydrogens is 462 g/mol.